The SMILES string of the molecule is CCOCCOc1ccc(NC(=O)C(C)(C)OC)cc1. The van der Waals surface area contributed by atoms with Crippen molar-refractivity contribution in [3.8, 4) is 5.75 Å². The highest BCUT2D eigenvalue weighted by Crippen LogP contribution is 2.18. The molecule has 0 bridgehead atoms. The van der Waals surface area contributed by atoms with Crippen LogP contribution in [0.1, 0.15) is 20.8 Å². The first-order valence-corrected chi connectivity index (χ1v) is 6.67. The first-order chi connectivity index (χ1) is 9.49. The molecule has 0 fully saturated rings. The van der Waals surface area contributed by atoms with Gasteiger partial charge in [0.05, 0.1) is 6.61 Å². The number of rotatable bonds is 8. The summed E-state index contributed by atoms with van der Waals surface area (Å²) in [7, 11) is 1.51. The van der Waals surface area contributed by atoms with Crippen molar-refractivity contribution in [1.82, 2.24) is 0 Å². The van der Waals surface area contributed by atoms with E-state index in [-0.39, 0.29) is 5.91 Å². The molecule has 0 saturated carbocycles. The highest BCUT2D eigenvalue weighted by atomic mass is 16.5. The zero-order valence-electron chi connectivity index (χ0n) is 12.6. The van der Waals surface area contributed by atoms with E-state index in [2.05, 4.69) is 5.32 Å². The fraction of sp³-hybridized carbons (Fsp3) is 0.533. The molecule has 0 aliphatic rings. The molecule has 0 atom stereocenters. The molecule has 112 valence electrons. The third-order valence-corrected chi connectivity index (χ3v) is 2.87. The number of anilines is 1. The largest absolute Gasteiger partial charge is 0.491 e. The normalized spacial score (nSPS) is 11.2. The van der Waals surface area contributed by atoms with Crippen molar-refractivity contribution in [2.75, 3.05) is 32.2 Å². The Morgan fingerprint density at radius 1 is 1.20 bits per heavy atom. The average Bonchev–Trinajstić information content (AvgIpc) is 2.45. The Morgan fingerprint density at radius 2 is 1.85 bits per heavy atom. The standard InChI is InChI=1S/C15H23NO4/c1-5-19-10-11-20-13-8-6-12(7-9-13)16-14(17)15(2,3)18-4/h6-9H,5,10-11H2,1-4H3,(H,16,17). The number of nitrogens with one attached hydrogen (secondary N) is 1. The monoisotopic (exact) mass is 281 g/mol. The minimum Gasteiger partial charge on any atom is -0.491 e. The van der Waals surface area contributed by atoms with E-state index in [9.17, 15) is 4.79 Å². The van der Waals surface area contributed by atoms with E-state index in [0.29, 0.717) is 25.5 Å². The second kappa shape index (κ2) is 7.87. The number of amides is 1. The van der Waals surface area contributed by atoms with Gasteiger partial charge in [0.25, 0.3) is 5.91 Å². The minimum absolute atomic E-state index is 0.190. The number of ether oxygens (including phenoxy) is 3. The number of hydrogen-bond donors (Lipinski definition) is 1. The molecule has 0 unspecified atom stereocenters. The predicted molar refractivity (Wildman–Crippen MR) is 78.1 cm³/mol. The number of carbonyl (C=O) groups is 1. The van der Waals surface area contributed by atoms with Crippen LogP contribution >= 0.6 is 0 Å². The van der Waals surface area contributed by atoms with Gasteiger partial charge in [-0.2, -0.15) is 0 Å². The number of benzene rings is 1. The first-order valence-electron chi connectivity index (χ1n) is 6.67. The third-order valence-electron chi connectivity index (χ3n) is 2.87. The van der Waals surface area contributed by atoms with Crippen LogP contribution in [0.25, 0.3) is 0 Å². The molecule has 0 aliphatic carbocycles. The Balaban J connectivity index is 2.48. The van der Waals surface area contributed by atoms with Crippen molar-refractivity contribution in [3.05, 3.63) is 24.3 Å². The average molecular weight is 281 g/mol. The van der Waals surface area contributed by atoms with Crippen molar-refractivity contribution >= 4 is 11.6 Å². The lowest BCUT2D eigenvalue weighted by molar-refractivity contribution is -0.133. The van der Waals surface area contributed by atoms with Gasteiger partial charge in [-0.25, -0.2) is 0 Å². The van der Waals surface area contributed by atoms with Gasteiger partial charge in [0, 0.05) is 19.4 Å². The third kappa shape index (κ3) is 5.19. The zero-order chi connectivity index (χ0) is 15.0. The molecule has 5 nitrogen and oxygen atoms in total. The van der Waals surface area contributed by atoms with E-state index in [4.69, 9.17) is 14.2 Å². The van der Waals surface area contributed by atoms with Crippen molar-refractivity contribution in [1.29, 1.82) is 0 Å². The molecule has 20 heavy (non-hydrogen) atoms. The van der Waals surface area contributed by atoms with Crippen LogP contribution < -0.4 is 10.1 Å². The van der Waals surface area contributed by atoms with Gasteiger partial charge >= 0.3 is 0 Å². The van der Waals surface area contributed by atoms with Crippen LogP contribution in [0.15, 0.2) is 24.3 Å². The van der Waals surface area contributed by atoms with Gasteiger partial charge in [0.15, 0.2) is 0 Å². The summed E-state index contributed by atoms with van der Waals surface area (Å²) >= 11 is 0. The highest BCUT2D eigenvalue weighted by molar-refractivity contribution is 5.96. The van der Waals surface area contributed by atoms with Crippen molar-refractivity contribution in [2.45, 2.75) is 26.4 Å². The molecule has 0 radical (unpaired) electrons. The molecule has 1 rings (SSSR count). The quantitative estimate of drug-likeness (QED) is 0.744. The molecule has 1 N–H and O–H groups in total. The fourth-order valence-corrected chi connectivity index (χ4v) is 1.37. The number of methoxy groups -OCH3 is 1. The van der Waals surface area contributed by atoms with E-state index in [1.807, 2.05) is 6.92 Å². The molecule has 0 aliphatic heterocycles. The smallest absolute Gasteiger partial charge is 0.256 e. The zero-order valence-corrected chi connectivity index (χ0v) is 12.6. The molecule has 0 saturated heterocycles. The summed E-state index contributed by atoms with van der Waals surface area (Å²) in [6.45, 7) is 7.14. The maximum Gasteiger partial charge on any atom is 0.256 e. The van der Waals surface area contributed by atoms with E-state index < -0.39 is 5.60 Å². The van der Waals surface area contributed by atoms with Crippen LogP contribution in [0.5, 0.6) is 5.75 Å². The van der Waals surface area contributed by atoms with Gasteiger partial charge in [-0.1, -0.05) is 0 Å². The number of hydrogen-bond acceptors (Lipinski definition) is 4. The van der Waals surface area contributed by atoms with Crippen molar-refractivity contribution < 1.29 is 19.0 Å². The molecule has 1 aromatic carbocycles. The van der Waals surface area contributed by atoms with Gasteiger partial charge in [-0.15, -0.1) is 0 Å². The van der Waals surface area contributed by atoms with Crippen molar-refractivity contribution in [2.24, 2.45) is 0 Å². The maximum atomic E-state index is 11.9. The lowest BCUT2D eigenvalue weighted by Crippen LogP contribution is -2.38. The van der Waals surface area contributed by atoms with Crippen molar-refractivity contribution in [3.63, 3.8) is 0 Å². The molecule has 5 heteroatoms. The summed E-state index contributed by atoms with van der Waals surface area (Å²) in [5, 5.41) is 2.79. The van der Waals surface area contributed by atoms with Gasteiger partial charge in [-0.05, 0) is 45.0 Å². The summed E-state index contributed by atoms with van der Waals surface area (Å²) in [5.74, 6) is 0.554. The van der Waals surface area contributed by atoms with Gasteiger partial charge in [-0.3, -0.25) is 4.79 Å². The minimum atomic E-state index is -0.855. The van der Waals surface area contributed by atoms with Gasteiger partial charge < -0.3 is 19.5 Å². The van der Waals surface area contributed by atoms with Crippen LogP contribution in [-0.4, -0.2) is 38.4 Å². The van der Waals surface area contributed by atoms with E-state index >= 15 is 0 Å². The summed E-state index contributed by atoms with van der Waals surface area (Å²) in [6.07, 6.45) is 0. The Bertz CT molecular complexity index is 414. The summed E-state index contributed by atoms with van der Waals surface area (Å²) in [6, 6.07) is 7.20. The molecule has 0 aromatic heterocycles. The van der Waals surface area contributed by atoms with Crippen LogP contribution in [0, 0.1) is 0 Å². The lowest BCUT2D eigenvalue weighted by atomic mass is 10.1. The topological polar surface area (TPSA) is 56.8 Å². The predicted octanol–water partition coefficient (Wildman–Crippen LogP) is 2.47. The number of carbonyl (C=O) groups excluding carboxylic acids is 1. The second-order valence-electron chi connectivity index (χ2n) is 4.74. The van der Waals surface area contributed by atoms with E-state index in [0.717, 1.165) is 5.75 Å². The summed E-state index contributed by atoms with van der Waals surface area (Å²) in [4.78, 5) is 11.9. The lowest BCUT2D eigenvalue weighted by Gasteiger charge is -2.21. The van der Waals surface area contributed by atoms with Crippen LogP contribution in [0.2, 0.25) is 0 Å². The van der Waals surface area contributed by atoms with Crippen LogP contribution in [0.3, 0.4) is 0 Å². The molecule has 0 spiro atoms. The Hall–Kier alpha value is -1.59. The summed E-state index contributed by atoms with van der Waals surface area (Å²) < 4.78 is 15.8. The first kappa shape index (κ1) is 16.5. The molecular formula is C15H23NO4. The fourth-order valence-electron chi connectivity index (χ4n) is 1.37. The van der Waals surface area contributed by atoms with Gasteiger partial charge in [0.1, 0.15) is 18.0 Å². The Morgan fingerprint density at radius 3 is 2.40 bits per heavy atom. The summed E-state index contributed by atoms with van der Waals surface area (Å²) in [5.41, 5.74) is -0.149. The maximum absolute atomic E-state index is 11.9. The molecule has 1 amide bonds. The highest BCUT2D eigenvalue weighted by Gasteiger charge is 2.26. The molecular weight excluding hydrogens is 258 g/mol. The second-order valence-corrected chi connectivity index (χ2v) is 4.74. The Kier molecular flexibility index (Phi) is 6.48. The van der Waals surface area contributed by atoms with Gasteiger partial charge in [0.2, 0.25) is 0 Å². The molecule has 0 heterocycles. The van der Waals surface area contributed by atoms with E-state index in [1.165, 1.54) is 7.11 Å². The Labute approximate surface area is 120 Å². The van der Waals surface area contributed by atoms with E-state index in [1.54, 1.807) is 38.1 Å². The molecule has 1 aromatic rings. The van der Waals surface area contributed by atoms with Crippen LogP contribution in [0.4, 0.5) is 5.69 Å². The van der Waals surface area contributed by atoms with Crippen LogP contribution in [-0.2, 0) is 14.3 Å².